The molecule has 0 saturated heterocycles. The minimum atomic E-state index is -3.62. The minimum absolute atomic E-state index is 0.0694. The van der Waals surface area contributed by atoms with Crippen LogP contribution in [0.4, 0.5) is 5.69 Å². The molecule has 4 nitrogen and oxygen atoms in total. The first-order valence-electron chi connectivity index (χ1n) is 4.25. The minimum Gasteiger partial charge on any atom is -0.453 e. The molecule has 0 amide bonds. The molecular weight excluding hydrogens is 214 g/mol. The third-order valence-corrected chi connectivity index (χ3v) is 3.68. The van der Waals surface area contributed by atoms with E-state index in [0.717, 1.165) is 0 Å². The van der Waals surface area contributed by atoms with Gasteiger partial charge in [-0.25, -0.2) is 8.42 Å². The zero-order chi connectivity index (χ0) is 10.9. The predicted molar refractivity (Wildman–Crippen MR) is 55.0 cm³/mol. The lowest BCUT2D eigenvalue weighted by atomic mass is 10.3. The van der Waals surface area contributed by atoms with Crippen molar-refractivity contribution in [3.05, 3.63) is 42.7 Å². The highest BCUT2D eigenvalue weighted by Gasteiger charge is 2.22. The van der Waals surface area contributed by atoms with E-state index in [4.69, 9.17) is 10.2 Å². The molecule has 15 heavy (non-hydrogen) atoms. The molecule has 2 N–H and O–H groups in total. The second-order valence-corrected chi connectivity index (χ2v) is 4.82. The molecule has 0 saturated carbocycles. The van der Waals surface area contributed by atoms with Gasteiger partial charge in [-0.1, -0.05) is 12.1 Å². The maximum Gasteiger partial charge on any atom is 0.241 e. The third kappa shape index (κ3) is 1.61. The van der Waals surface area contributed by atoms with Crippen LogP contribution in [-0.4, -0.2) is 8.42 Å². The van der Waals surface area contributed by atoms with Crippen molar-refractivity contribution in [3.8, 4) is 0 Å². The highest BCUT2D eigenvalue weighted by Crippen LogP contribution is 2.25. The summed E-state index contributed by atoms with van der Waals surface area (Å²) in [6, 6.07) is 9.19. The van der Waals surface area contributed by atoms with Gasteiger partial charge in [-0.05, 0) is 24.3 Å². The molecule has 1 aromatic heterocycles. The number of hydrogen-bond donors (Lipinski definition) is 1. The van der Waals surface area contributed by atoms with Gasteiger partial charge in [0.15, 0.2) is 0 Å². The van der Waals surface area contributed by atoms with Gasteiger partial charge in [-0.15, -0.1) is 0 Å². The summed E-state index contributed by atoms with van der Waals surface area (Å²) < 4.78 is 28.7. The smallest absolute Gasteiger partial charge is 0.241 e. The Morgan fingerprint density at radius 1 is 1.07 bits per heavy atom. The Kier molecular flexibility index (Phi) is 2.24. The fraction of sp³-hybridized carbons (Fsp3) is 0. The van der Waals surface area contributed by atoms with Crippen LogP contribution < -0.4 is 5.73 Å². The van der Waals surface area contributed by atoms with Gasteiger partial charge in [-0.2, -0.15) is 0 Å². The number of benzene rings is 1. The molecule has 0 aliphatic rings. The summed E-state index contributed by atoms with van der Waals surface area (Å²) in [5.41, 5.74) is 5.81. The number of hydrogen-bond acceptors (Lipinski definition) is 4. The number of anilines is 1. The molecule has 0 aliphatic carbocycles. The maximum absolute atomic E-state index is 11.9. The summed E-state index contributed by atoms with van der Waals surface area (Å²) in [4.78, 5) is 0.0694. The zero-order valence-corrected chi connectivity index (χ0v) is 8.57. The van der Waals surface area contributed by atoms with E-state index in [1.165, 1.54) is 30.5 Å². The van der Waals surface area contributed by atoms with Gasteiger partial charge in [0.05, 0.1) is 16.8 Å². The lowest BCUT2D eigenvalue weighted by Gasteiger charge is -2.03. The third-order valence-electron chi connectivity index (χ3n) is 1.97. The van der Waals surface area contributed by atoms with Crippen LogP contribution in [0.25, 0.3) is 0 Å². The van der Waals surface area contributed by atoms with Crippen molar-refractivity contribution in [1.82, 2.24) is 0 Å². The van der Waals surface area contributed by atoms with E-state index in [1.54, 1.807) is 12.1 Å². The normalized spacial score (nSPS) is 11.5. The van der Waals surface area contributed by atoms with E-state index < -0.39 is 9.84 Å². The second kappa shape index (κ2) is 3.43. The van der Waals surface area contributed by atoms with E-state index in [2.05, 4.69) is 0 Å². The summed E-state index contributed by atoms with van der Waals surface area (Å²) in [6.07, 6.45) is 1.31. The van der Waals surface area contributed by atoms with Crippen LogP contribution in [0.3, 0.4) is 0 Å². The fourth-order valence-corrected chi connectivity index (χ4v) is 2.54. The number of nitrogen functional groups attached to an aromatic ring is 1. The van der Waals surface area contributed by atoms with E-state index in [9.17, 15) is 8.42 Å². The molecule has 0 atom stereocenters. The average molecular weight is 223 g/mol. The number of para-hydroxylation sites is 1. The molecule has 0 aliphatic heterocycles. The Hall–Kier alpha value is -1.75. The Morgan fingerprint density at radius 3 is 2.40 bits per heavy atom. The quantitative estimate of drug-likeness (QED) is 0.786. The molecule has 2 aromatic rings. The molecule has 1 aromatic carbocycles. The Balaban J connectivity index is 2.62. The van der Waals surface area contributed by atoms with Crippen molar-refractivity contribution in [2.45, 2.75) is 9.99 Å². The molecule has 1 heterocycles. The monoisotopic (exact) mass is 223 g/mol. The van der Waals surface area contributed by atoms with Crippen LogP contribution >= 0.6 is 0 Å². The highest BCUT2D eigenvalue weighted by atomic mass is 32.2. The van der Waals surface area contributed by atoms with E-state index in [0.29, 0.717) is 0 Å². The van der Waals surface area contributed by atoms with Crippen molar-refractivity contribution >= 4 is 15.5 Å². The van der Waals surface area contributed by atoms with Gasteiger partial charge >= 0.3 is 0 Å². The van der Waals surface area contributed by atoms with Crippen molar-refractivity contribution in [1.29, 1.82) is 0 Å². The van der Waals surface area contributed by atoms with Crippen molar-refractivity contribution < 1.29 is 12.8 Å². The Morgan fingerprint density at radius 2 is 1.80 bits per heavy atom. The van der Waals surface area contributed by atoms with Crippen LogP contribution in [0.15, 0.2) is 57.1 Å². The van der Waals surface area contributed by atoms with Crippen LogP contribution in [0.2, 0.25) is 0 Å². The van der Waals surface area contributed by atoms with Gasteiger partial charge in [0.2, 0.25) is 14.9 Å². The molecule has 5 heteroatoms. The van der Waals surface area contributed by atoms with Crippen molar-refractivity contribution in [3.63, 3.8) is 0 Å². The molecular formula is C10H9NO3S. The van der Waals surface area contributed by atoms with Gasteiger partial charge in [0, 0.05) is 0 Å². The molecule has 0 spiro atoms. The lowest BCUT2D eigenvalue weighted by Crippen LogP contribution is -2.04. The van der Waals surface area contributed by atoms with Crippen molar-refractivity contribution in [2.24, 2.45) is 0 Å². The summed E-state index contributed by atoms with van der Waals surface area (Å²) >= 11 is 0. The topological polar surface area (TPSA) is 73.3 Å². The number of furan rings is 1. The Labute approximate surface area is 87.2 Å². The first-order chi connectivity index (χ1) is 7.12. The highest BCUT2D eigenvalue weighted by molar-refractivity contribution is 7.91. The summed E-state index contributed by atoms with van der Waals surface area (Å²) in [5.74, 6) is 0. The van der Waals surface area contributed by atoms with Gasteiger partial charge in [0.1, 0.15) is 0 Å². The first-order valence-corrected chi connectivity index (χ1v) is 5.74. The number of nitrogens with two attached hydrogens (primary N) is 1. The van der Waals surface area contributed by atoms with E-state index in [-0.39, 0.29) is 15.7 Å². The molecule has 2 rings (SSSR count). The maximum atomic E-state index is 11.9. The average Bonchev–Trinajstić information content (AvgIpc) is 2.71. The number of rotatable bonds is 2. The van der Waals surface area contributed by atoms with E-state index >= 15 is 0 Å². The molecule has 0 bridgehead atoms. The first kappa shape index (κ1) is 9.79. The lowest BCUT2D eigenvalue weighted by molar-refractivity contribution is 0.450. The molecule has 0 radical (unpaired) electrons. The standard InChI is InChI=1S/C10H9NO3S/c11-8-4-1-2-5-9(8)15(12,13)10-6-3-7-14-10/h1-7H,11H2. The summed E-state index contributed by atoms with van der Waals surface area (Å²) in [7, 11) is -3.62. The zero-order valence-electron chi connectivity index (χ0n) is 7.75. The van der Waals surface area contributed by atoms with Gasteiger partial charge in [-0.3, -0.25) is 0 Å². The fourth-order valence-electron chi connectivity index (χ4n) is 1.25. The largest absolute Gasteiger partial charge is 0.453 e. The van der Waals surface area contributed by atoms with Crippen molar-refractivity contribution in [2.75, 3.05) is 5.73 Å². The number of sulfone groups is 1. The summed E-state index contributed by atoms with van der Waals surface area (Å²) in [6.45, 7) is 0. The van der Waals surface area contributed by atoms with Crippen LogP contribution in [0, 0.1) is 0 Å². The Bertz CT molecular complexity index is 558. The van der Waals surface area contributed by atoms with Crippen LogP contribution in [0.5, 0.6) is 0 Å². The van der Waals surface area contributed by atoms with E-state index in [1.807, 2.05) is 0 Å². The predicted octanol–water partition coefficient (Wildman–Crippen LogP) is 1.69. The summed E-state index contributed by atoms with van der Waals surface area (Å²) in [5, 5.41) is -0.0969. The van der Waals surface area contributed by atoms with Crippen LogP contribution in [-0.2, 0) is 9.84 Å². The van der Waals surface area contributed by atoms with Crippen LogP contribution in [0.1, 0.15) is 0 Å². The second-order valence-electron chi connectivity index (χ2n) is 2.97. The molecule has 0 unspecified atom stereocenters. The SMILES string of the molecule is Nc1ccccc1S(=O)(=O)c1ccco1. The molecule has 78 valence electrons. The van der Waals surface area contributed by atoms with Gasteiger partial charge < -0.3 is 10.2 Å². The van der Waals surface area contributed by atoms with Gasteiger partial charge in [0.25, 0.3) is 0 Å². The molecule has 0 fully saturated rings.